The van der Waals surface area contributed by atoms with Gasteiger partial charge in [0.1, 0.15) is 0 Å². The monoisotopic (exact) mass is 244 g/mol. The molecule has 96 valence electrons. The summed E-state index contributed by atoms with van der Waals surface area (Å²) in [6.45, 7) is 5.97. The average molecular weight is 244 g/mol. The number of rotatable bonds is 6. The molecule has 0 saturated carbocycles. The van der Waals surface area contributed by atoms with Crippen molar-refractivity contribution in [2.75, 3.05) is 6.54 Å². The lowest BCUT2D eigenvalue weighted by Gasteiger charge is -2.04. The van der Waals surface area contributed by atoms with Crippen molar-refractivity contribution in [3.63, 3.8) is 0 Å². The highest BCUT2D eigenvalue weighted by molar-refractivity contribution is 5.14. The van der Waals surface area contributed by atoms with Crippen LogP contribution in [0.1, 0.15) is 28.9 Å². The zero-order chi connectivity index (χ0) is 12.8. The van der Waals surface area contributed by atoms with Gasteiger partial charge in [-0.15, -0.1) is 0 Å². The number of hydrogen-bond acceptors (Lipinski definition) is 3. The minimum Gasteiger partial charge on any atom is -0.313 e. The molecule has 2 rings (SSSR count). The van der Waals surface area contributed by atoms with Gasteiger partial charge in [0.25, 0.3) is 0 Å². The van der Waals surface area contributed by atoms with Crippen LogP contribution in [0.15, 0.2) is 24.5 Å². The van der Waals surface area contributed by atoms with Crippen molar-refractivity contribution in [3.05, 3.63) is 47.0 Å². The molecule has 0 aromatic carbocycles. The van der Waals surface area contributed by atoms with E-state index in [1.54, 1.807) is 0 Å². The van der Waals surface area contributed by atoms with Crippen LogP contribution in [0.3, 0.4) is 0 Å². The molecule has 2 aromatic heterocycles. The highest BCUT2D eigenvalue weighted by atomic mass is 15.1. The molecule has 18 heavy (non-hydrogen) atoms. The molecule has 2 N–H and O–H groups in total. The van der Waals surface area contributed by atoms with Gasteiger partial charge in [0, 0.05) is 24.1 Å². The molecule has 0 aliphatic heterocycles. The molecule has 0 fully saturated rings. The number of H-pyrrole nitrogens is 1. The number of pyridine rings is 1. The van der Waals surface area contributed by atoms with Gasteiger partial charge in [0.05, 0.1) is 6.20 Å². The fourth-order valence-electron chi connectivity index (χ4n) is 1.87. The van der Waals surface area contributed by atoms with Crippen molar-refractivity contribution in [1.29, 1.82) is 0 Å². The third kappa shape index (κ3) is 3.67. The maximum absolute atomic E-state index is 4.28. The van der Waals surface area contributed by atoms with Gasteiger partial charge in [-0.1, -0.05) is 6.07 Å². The van der Waals surface area contributed by atoms with Gasteiger partial charge in [-0.25, -0.2) is 0 Å². The molecule has 0 amide bonds. The quantitative estimate of drug-likeness (QED) is 0.765. The van der Waals surface area contributed by atoms with Crippen LogP contribution in [-0.4, -0.2) is 21.7 Å². The SMILES string of the molecule is Cc1ccc(CNCCCc2cn[nH]c2C)cn1. The number of nitrogens with zero attached hydrogens (tertiary/aromatic N) is 2. The summed E-state index contributed by atoms with van der Waals surface area (Å²) in [6.07, 6.45) is 6.04. The predicted molar refractivity (Wildman–Crippen MR) is 72.3 cm³/mol. The van der Waals surface area contributed by atoms with Crippen molar-refractivity contribution >= 4 is 0 Å². The lowest BCUT2D eigenvalue weighted by atomic mass is 10.1. The first-order valence-electron chi connectivity index (χ1n) is 6.37. The number of nitrogens with one attached hydrogen (secondary N) is 2. The predicted octanol–water partition coefficient (Wildman–Crippen LogP) is 2.14. The van der Waals surface area contributed by atoms with E-state index in [1.165, 1.54) is 16.8 Å². The maximum Gasteiger partial charge on any atom is 0.0522 e. The molecule has 0 radical (unpaired) electrons. The van der Waals surface area contributed by atoms with Crippen LogP contribution in [-0.2, 0) is 13.0 Å². The van der Waals surface area contributed by atoms with Crippen LogP contribution in [0.4, 0.5) is 0 Å². The Morgan fingerprint density at radius 2 is 2.11 bits per heavy atom. The molecule has 0 unspecified atom stereocenters. The Balaban J connectivity index is 1.64. The summed E-state index contributed by atoms with van der Waals surface area (Å²) in [5, 5.41) is 10.4. The number of hydrogen-bond donors (Lipinski definition) is 2. The first-order chi connectivity index (χ1) is 8.75. The molecule has 0 spiro atoms. The third-order valence-corrected chi connectivity index (χ3v) is 3.04. The first-order valence-corrected chi connectivity index (χ1v) is 6.37. The second-order valence-corrected chi connectivity index (χ2v) is 4.61. The Hall–Kier alpha value is -1.68. The lowest BCUT2D eigenvalue weighted by molar-refractivity contribution is 0.647. The van der Waals surface area contributed by atoms with E-state index in [-0.39, 0.29) is 0 Å². The second-order valence-electron chi connectivity index (χ2n) is 4.61. The summed E-state index contributed by atoms with van der Waals surface area (Å²) in [6, 6.07) is 4.17. The van der Waals surface area contributed by atoms with Crippen molar-refractivity contribution in [2.24, 2.45) is 0 Å². The third-order valence-electron chi connectivity index (χ3n) is 3.04. The van der Waals surface area contributed by atoms with Gasteiger partial charge in [-0.05, 0) is 50.4 Å². The fraction of sp³-hybridized carbons (Fsp3) is 0.429. The van der Waals surface area contributed by atoms with Gasteiger partial charge in [0.2, 0.25) is 0 Å². The Morgan fingerprint density at radius 1 is 1.22 bits per heavy atom. The molecule has 4 nitrogen and oxygen atoms in total. The summed E-state index contributed by atoms with van der Waals surface area (Å²) in [4.78, 5) is 4.28. The van der Waals surface area contributed by atoms with Crippen LogP contribution in [0.25, 0.3) is 0 Å². The average Bonchev–Trinajstić information content (AvgIpc) is 2.77. The lowest BCUT2D eigenvalue weighted by Crippen LogP contribution is -2.15. The molecule has 4 heteroatoms. The largest absolute Gasteiger partial charge is 0.313 e. The van der Waals surface area contributed by atoms with E-state index < -0.39 is 0 Å². The van der Waals surface area contributed by atoms with E-state index in [1.807, 2.05) is 25.4 Å². The van der Waals surface area contributed by atoms with Gasteiger partial charge < -0.3 is 5.32 Å². The molecule has 0 aliphatic rings. The van der Waals surface area contributed by atoms with E-state index in [4.69, 9.17) is 0 Å². The molecule has 0 aliphatic carbocycles. The zero-order valence-corrected chi connectivity index (χ0v) is 11.0. The first kappa shape index (κ1) is 12.8. The van der Waals surface area contributed by atoms with E-state index in [0.717, 1.165) is 31.6 Å². The fourth-order valence-corrected chi connectivity index (χ4v) is 1.87. The van der Waals surface area contributed by atoms with Gasteiger partial charge in [-0.3, -0.25) is 10.1 Å². The summed E-state index contributed by atoms with van der Waals surface area (Å²) >= 11 is 0. The standard InChI is InChI=1S/C14H20N4/c1-11-5-6-13(9-16-11)8-15-7-3-4-14-10-17-18-12(14)2/h5-6,9-10,15H,3-4,7-8H2,1-2H3,(H,17,18). The smallest absolute Gasteiger partial charge is 0.0522 e. The van der Waals surface area contributed by atoms with Crippen molar-refractivity contribution in [3.8, 4) is 0 Å². The Morgan fingerprint density at radius 3 is 2.78 bits per heavy atom. The number of aromatic nitrogens is 3. The summed E-state index contributed by atoms with van der Waals surface area (Å²) in [7, 11) is 0. The summed E-state index contributed by atoms with van der Waals surface area (Å²) < 4.78 is 0. The molecule has 0 saturated heterocycles. The second kappa shape index (κ2) is 6.31. The van der Waals surface area contributed by atoms with E-state index in [0.29, 0.717) is 0 Å². The van der Waals surface area contributed by atoms with Crippen LogP contribution in [0.2, 0.25) is 0 Å². The number of aromatic amines is 1. The van der Waals surface area contributed by atoms with Gasteiger partial charge in [-0.2, -0.15) is 5.10 Å². The Bertz CT molecular complexity index is 473. The van der Waals surface area contributed by atoms with E-state index in [9.17, 15) is 0 Å². The highest BCUT2D eigenvalue weighted by Crippen LogP contribution is 2.05. The highest BCUT2D eigenvalue weighted by Gasteiger charge is 1.99. The minimum atomic E-state index is 0.887. The summed E-state index contributed by atoms with van der Waals surface area (Å²) in [5.41, 5.74) is 4.79. The molecular weight excluding hydrogens is 224 g/mol. The molecular formula is C14H20N4. The van der Waals surface area contributed by atoms with Crippen molar-refractivity contribution in [1.82, 2.24) is 20.5 Å². The normalized spacial score (nSPS) is 10.8. The van der Waals surface area contributed by atoms with Gasteiger partial charge >= 0.3 is 0 Å². The minimum absolute atomic E-state index is 0.887. The zero-order valence-electron chi connectivity index (χ0n) is 11.0. The van der Waals surface area contributed by atoms with Crippen LogP contribution in [0, 0.1) is 13.8 Å². The topological polar surface area (TPSA) is 53.6 Å². The van der Waals surface area contributed by atoms with E-state index in [2.05, 4.69) is 33.5 Å². The number of aryl methyl sites for hydroxylation is 3. The Labute approximate surface area is 108 Å². The van der Waals surface area contributed by atoms with Crippen molar-refractivity contribution in [2.45, 2.75) is 33.2 Å². The van der Waals surface area contributed by atoms with E-state index >= 15 is 0 Å². The Kier molecular flexibility index (Phi) is 4.47. The molecule has 2 heterocycles. The van der Waals surface area contributed by atoms with Crippen LogP contribution >= 0.6 is 0 Å². The molecule has 0 atom stereocenters. The maximum atomic E-state index is 4.28. The van der Waals surface area contributed by atoms with Crippen molar-refractivity contribution < 1.29 is 0 Å². The van der Waals surface area contributed by atoms with Crippen LogP contribution in [0.5, 0.6) is 0 Å². The van der Waals surface area contributed by atoms with Gasteiger partial charge in [0.15, 0.2) is 0 Å². The molecule has 0 bridgehead atoms. The molecule has 2 aromatic rings. The van der Waals surface area contributed by atoms with Crippen LogP contribution < -0.4 is 5.32 Å². The summed E-state index contributed by atoms with van der Waals surface area (Å²) in [5.74, 6) is 0.